The van der Waals surface area contributed by atoms with E-state index >= 15 is 0 Å². The Morgan fingerprint density at radius 3 is 2.50 bits per heavy atom. The normalized spacial score (nSPS) is 23.4. The van der Waals surface area contributed by atoms with Gasteiger partial charge in [0.1, 0.15) is 5.60 Å². The van der Waals surface area contributed by atoms with Gasteiger partial charge in [-0.15, -0.1) is 0 Å². The Kier molecular flexibility index (Phi) is 4.98. The highest BCUT2D eigenvalue weighted by Crippen LogP contribution is 2.38. The summed E-state index contributed by atoms with van der Waals surface area (Å²) in [6, 6.07) is 20.3. The average molecular weight is 423 g/mol. The molecule has 1 aromatic heterocycles. The van der Waals surface area contributed by atoms with Crippen molar-refractivity contribution in [3.05, 3.63) is 88.7 Å². The summed E-state index contributed by atoms with van der Waals surface area (Å²) in [4.78, 5) is 2.41. The van der Waals surface area contributed by atoms with E-state index in [9.17, 15) is 5.11 Å². The highest BCUT2D eigenvalue weighted by atomic mass is 35.5. The maximum absolute atomic E-state index is 11.2. The number of halogens is 1. The third-order valence-corrected chi connectivity index (χ3v) is 6.93. The monoisotopic (exact) mass is 422 g/mol. The first kappa shape index (κ1) is 19.8. The molecule has 3 aromatic rings. The molecule has 1 atom stereocenters. The van der Waals surface area contributed by atoms with Gasteiger partial charge in [0.15, 0.2) is 0 Å². The van der Waals surface area contributed by atoms with Crippen LogP contribution in [0.1, 0.15) is 36.6 Å². The fourth-order valence-corrected chi connectivity index (χ4v) is 5.01. The van der Waals surface area contributed by atoms with E-state index in [-0.39, 0.29) is 0 Å². The van der Waals surface area contributed by atoms with E-state index in [0.717, 1.165) is 25.2 Å². The molecular weight excluding hydrogens is 396 g/mol. The van der Waals surface area contributed by atoms with E-state index in [4.69, 9.17) is 16.3 Å². The largest absolute Gasteiger partial charge is 0.385 e. The molecule has 0 bridgehead atoms. The molecule has 30 heavy (non-hydrogen) atoms. The first-order valence-electron chi connectivity index (χ1n) is 10.6. The van der Waals surface area contributed by atoms with Gasteiger partial charge < -0.3 is 14.4 Å². The van der Waals surface area contributed by atoms with Crippen LogP contribution in [0.25, 0.3) is 5.69 Å². The second-order valence-corrected chi connectivity index (χ2v) is 9.16. The van der Waals surface area contributed by atoms with E-state index in [1.54, 1.807) is 0 Å². The smallest absolute Gasteiger partial charge is 0.119 e. The standard InChI is InChI=1S/C25H27ClN2O2/c1-24(23-7-4-14-28(23)22-6-3-2-5-19(22)17-30-24)18-27-15-12-25(29,13-16-27)20-8-10-21(26)11-9-20/h2-11,14,29H,12-13,15-18H2,1H3. The highest BCUT2D eigenvalue weighted by molar-refractivity contribution is 6.30. The number of para-hydroxylation sites is 1. The van der Waals surface area contributed by atoms with Gasteiger partial charge >= 0.3 is 0 Å². The van der Waals surface area contributed by atoms with Crippen molar-refractivity contribution in [3.63, 3.8) is 0 Å². The number of hydrogen-bond donors (Lipinski definition) is 1. The molecule has 2 aliphatic rings. The summed E-state index contributed by atoms with van der Waals surface area (Å²) >= 11 is 6.02. The minimum Gasteiger partial charge on any atom is -0.385 e. The molecule has 0 amide bonds. The van der Waals surface area contributed by atoms with Crippen molar-refractivity contribution in [1.82, 2.24) is 9.47 Å². The fourth-order valence-electron chi connectivity index (χ4n) is 4.88. The minimum absolute atomic E-state index is 0.418. The number of fused-ring (bicyclic) bond motifs is 3. The van der Waals surface area contributed by atoms with Gasteiger partial charge in [-0.1, -0.05) is 41.9 Å². The average Bonchev–Trinajstić information content (AvgIpc) is 3.22. The minimum atomic E-state index is -0.789. The number of rotatable bonds is 3. The van der Waals surface area contributed by atoms with Gasteiger partial charge in [-0.25, -0.2) is 0 Å². The van der Waals surface area contributed by atoms with Gasteiger partial charge in [0.05, 0.1) is 23.6 Å². The van der Waals surface area contributed by atoms with Crippen LogP contribution in [0.3, 0.4) is 0 Å². The summed E-state index contributed by atoms with van der Waals surface area (Å²) < 4.78 is 8.77. The van der Waals surface area contributed by atoms with Crippen LogP contribution in [0.15, 0.2) is 66.9 Å². The SMILES string of the molecule is CC1(CN2CCC(O)(c3ccc(Cl)cc3)CC2)OCc2ccccc2-n2cccc21. The van der Waals surface area contributed by atoms with Gasteiger partial charge in [0, 0.05) is 36.4 Å². The van der Waals surface area contributed by atoms with E-state index < -0.39 is 11.2 Å². The molecule has 1 fully saturated rings. The molecule has 1 saturated heterocycles. The Balaban J connectivity index is 1.34. The zero-order valence-corrected chi connectivity index (χ0v) is 18.0. The zero-order chi connectivity index (χ0) is 20.8. The van der Waals surface area contributed by atoms with Gasteiger partial charge in [-0.2, -0.15) is 0 Å². The summed E-state index contributed by atoms with van der Waals surface area (Å²) in [5.41, 5.74) is 3.31. The van der Waals surface area contributed by atoms with Crippen LogP contribution in [0, 0.1) is 0 Å². The van der Waals surface area contributed by atoms with E-state index in [1.807, 2.05) is 24.3 Å². The maximum Gasteiger partial charge on any atom is 0.119 e. The van der Waals surface area contributed by atoms with Crippen molar-refractivity contribution < 1.29 is 9.84 Å². The van der Waals surface area contributed by atoms with Crippen molar-refractivity contribution in [1.29, 1.82) is 0 Å². The van der Waals surface area contributed by atoms with Crippen LogP contribution >= 0.6 is 11.6 Å². The number of nitrogens with zero attached hydrogens (tertiary/aromatic N) is 2. The lowest BCUT2D eigenvalue weighted by Crippen LogP contribution is -2.48. The van der Waals surface area contributed by atoms with Crippen LogP contribution in [-0.4, -0.2) is 34.2 Å². The van der Waals surface area contributed by atoms with Crippen LogP contribution in [0.4, 0.5) is 0 Å². The number of benzene rings is 2. The number of ether oxygens (including phenoxy) is 1. The number of likely N-dealkylation sites (tertiary alicyclic amines) is 1. The predicted molar refractivity (Wildman–Crippen MR) is 119 cm³/mol. The molecule has 0 spiro atoms. The van der Waals surface area contributed by atoms with Crippen molar-refractivity contribution in [2.75, 3.05) is 19.6 Å². The predicted octanol–water partition coefficient (Wildman–Crippen LogP) is 4.86. The second-order valence-electron chi connectivity index (χ2n) is 8.73. The lowest BCUT2D eigenvalue weighted by atomic mass is 9.84. The van der Waals surface area contributed by atoms with E-state index in [2.05, 4.69) is 59.0 Å². The summed E-state index contributed by atoms with van der Waals surface area (Å²) in [6.07, 6.45) is 3.52. The molecule has 0 saturated carbocycles. The summed E-state index contributed by atoms with van der Waals surface area (Å²) in [5, 5.41) is 11.9. The van der Waals surface area contributed by atoms with Crippen LogP contribution in [0.2, 0.25) is 5.02 Å². The number of hydrogen-bond acceptors (Lipinski definition) is 3. The van der Waals surface area contributed by atoms with Gasteiger partial charge in [0.2, 0.25) is 0 Å². The van der Waals surface area contributed by atoms with E-state index in [0.29, 0.717) is 24.5 Å². The van der Waals surface area contributed by atoms with Gasteiger partial charge in [-0.05, 0) is 55.7 Å². The number of aromatic nitrogens is 1. The van der Waals surface area contributed by atoms with Gasteiger partial charge in [0.25, 0.3) is 0 Å². The van der Waals surface area contributed by atoms with Crippen LogP contribution in [0.5, 0.6) is 0 Å². The molecule has 2 aromatic carbocycles. The molecule has 1 N–H and O–H groups in total. The van der Waals surface area contributed by atoms with Gasteiger partial charge in [-0.3, -0.25) is 4.90 Å². The topological polar surface area (TPSA) is 37.6 Å². The first-order valence-corrected chi connectivity index (χ1v) is 11.0. The van der Waals surface area contributed by atoms with Crippen molar-refractivity contribution in [2.45, 2.75) is 37.6 Å². The molecule has 2 aliphatic heterocycles. The lowest BCUT2D eigenvalue weighted by molar-refractivity contribution is -0.0895. The Hall–Kier alpha value is -2.11. The third kappa shape index (κ3) is 3.48. The summed E-state index contributed by atoms with van der Waals surface area (Å²) in [5.74, 6) is 0. The maximum atomic E-state index is 11.2. The molecule has 156 valence electrons. The Morgan fingerprint density at radius 2 is 1.73 bits per heavy atom. The van der Waals surface area contributed by atoms with Crippen LogP contribution < -0.4 is 0 Å². The fraction of sp³-hybridized carbons (Fsp3) is 0.360. The molecular formula is C25H27ClN2O2. The first-order chi connectivity index (χ1) is 14.5. The van der Waals surface area contributed by atoms with Crippen LogP contribution in [-0.2, 0) is 22.5 Å². The number of piperidine rings is 1. The molecule has 4 nitrogen and oxygen atoms in total. The molecule has 5 heteroatoms. The summed E-state index contributed by atoms with van der Waals surface area (Å²) in [6.45, 7) is 5.22. The zero-order valence-electron chi connectivity index (χ0n) is 17.2. The molecule has 0 radical (unpaired) electrons. The molecule has 0 aliphatic carbocycles. The lowest BCUT2D eigenvalue weighted by Gasteiger charge is -2.42. The summed E-state index contributed by atoms with van der Waals surface area (Å²) in [7, 11) is 0. The quantitative estimate of drug-likeness (QED) is 0.655. The second kappa shape index (κ2) is 7.54. The van der Waals surface area contributed by atoms with E-state index in [1.165, 1.54) is 16.9 Å². The highest BCUT2D eigenvalue weighted by Gasteiger charge is 2.39. The molecule has 1 unspecified atom stereocenters. The molecule has 3 heterocycles. The Labute approximate surface area is 182 Å². The van der Waals surface area contributed by atoms with Crippen molar-refractivity contribution in [2.24, 2.45) is 0 Å². The number of aliphatic hydroxyl groups is 1. The van der Waals surface area contributed by atoms with Crippen molar-refractivity contribution in [3.8, 4) is 5.69 Å². The third-order valence-electron chi connectivity index (χ3n) is 6.68. The molecule has 5 rings (SSSR count). The van der Waals surface area contributed by atoms with Crippen molar-refractivity contribution >= 4 is 11.6 Å². The Morgan fingerprint density at radius 1 is 1.00 bits per heavy atom. The Bertz CT molecular complexity index is 1040.